The van der Waals surface area contributed by atoms with Crippen LogP contribution in [0, 0.1) is 0 Å². The number of thioether (sulfide) groups is 1. The summed E-state index contributed by atoms with van der Waals surface area (Å²) in [6, 6.07) is 8.28. The van der Waals surface area contributed by atoms with Gasteiger partial charge in [0.25, 0.3) is 0 Å². The molecule has 2 nitrogen and oxygen atoms in total. The second-order valence-electron chi connectivity index (χ2n) is 4.41. The first-order chi connectivity index (χ1) is 8.84. The Bertz CT molecular complexity index is 535. The minimum absolute atomic E-state index is 1.02. The van der Waals surface area contributed by atoms with Crippen molar-refractivity contribution in [3.63, 3.8) is 0 Å². The first-order valence-electron chi connectivity index (χ1n) is 6.16. The quantitative estimate of drug-likeness (QED) is 0.781. The molecular formula is C14H14BrNOS. The molecule has 0 radical (unpaired) electrons. The van der Waals surface area contributed by atoms with Crippen molar-refractivity contribution < 1.29 is 4.52 Å². The van der Waals surface area contributed by atoms with Gasteiger partial charge in [-0.05, 0) is 36.5 Å². The summed E-state index contributed by atoms with van der Waals surface area (Å²) < 4.78 is 6.63. The molecule has 0 atom stereocenters. The highest BCUT2D eigenvalue weighted by Crippen LogP contribution is 2.30. The van der Waals surface area contributed by atoms with Gasteiger partial charge < -0.3 is 4.52 Å². The number of nitrogens with zero attached hydrogens (tertiary/aromatic N) is 1. The van der Waals surface area contributed by atoms with E-state index < -0.39 is 0 Å². The van der Waals surface area contributed by atoms with Gasteiger partial charge in [-0.2, -0.15) is 11.8 Å². The highest BCUT2D eigenvalue weighted by Gasteiger charge is 2.18. The Balaban J connectivity index is 1.99. The monoisotopic (exact) mass is 323 g/mol. The Morgan fingerprint density at radius 1 is 1.11 bits per heavy atom. The average molecular weight is 324 g/mol. The number of aromatic nitrogens is 1. The van der Waals surface area contributed by atoms with E-state index in [1.54, 1.807) is 0 Å². The van der Waals surface area contributed by atoms with Gasteiger partial charge in [0.2, 0.25) is 0 Å². The number of hydrogen-bond acceptors (Lipinski definition) is 3. The van der Waals surface area contributed by atoms with Crippen molar-refractivity contribution in [1.82, 2.24) is 5.16 Å². The van der Waals surface area contributed by atoms with Crippen molar-refractivity contribution in [2.45, 2.75) is 19.3 Å². The minimum Gasteiger partial charge on any atom is -0.360 e. The fourth-order valence-corrected chi connectivity index (χ4v) is 3.41. The molecule has 0 spiro atoms. The van der Waals surface area contributed by atoms with Gasteiger partial charge in [0, 0.05) is 22.0 Å². The molecule has 1 aromatic heterocycles. The Morgan fingerprint density at radius 3 is 2.78 bits per heavy atom. The van der Waals surface area contributed by atoms with Gasteiger partial charge in [-0.1, -0.05) is 33.2 Å². The largest absolute Gasteiger partial charge is 0.360 e. The van der Waals surface area contributed by atoms with E-state index in [9.17, 15) is 0 Å². The SMILES string of the molecule is Brc1ccc(-c2noc3c2CCSCCC3)cc1. The lowest BCUT2D eigenvalue weighted by atomic mass is 10.0. The smallest absolute Gasteiger partial charge is 0.140 e. The molecule has 0 N–H and O–H groups in total. The standard InChI is InChI=1S/C14H14BrNOS/c15-11-5-3-10(4-6-11)14-12-7-9-18-8-1-2-13(12)17-16-14/h3-6H,1-2,7-9H2. The van der Waals surface area contributed by atoms with Gasteiger partial charge >= 0.3 is 0 Å². The molecule has 0 unspecified atom stereocenters. The third-order valence-corrected chi connectivity index (χ3v) is 4.77. The molecule has 0 aliphatic carbocycles. The molecule has 0 saturated heterocycles. The second kappa shape index (κ2) is 5.49. The fourth-order valence-electron chi connectivity index (χ4n) is 2.24. The predicted octanol–water partition coefficient (Wildman–Crippen LogP) is 4.33. The van der Waals surface area contributed by atoms with Crippen LogP contribution in [0.5, 0.6) is 0 Å². The van der Waals surface area contributed by atoms with Gasteiger partial charge in [0.1, 0.15) is 11.5 Å². The molecule has 18 heavy (non-hydrogen) atoms. The van der Waals surface area contributed by atoms with Crippen molar-refractivity contribution >= 4 is 27.7 Å². The zero-order chi connectivity index (χ0) is 12.4. The zero-order valence-corrected chi connectivity index (χ0v) is 12.4. The maximum absolute atomic E-state index is 5.54. The van der Waals surface area contributed by atoms with Crippen LogP contribution in [0.15, 0.2) is 33.3 Å². The topological polar surface area (TPSA) is 26.0 Å². The molecule has 0 saturated carbocycles. The van der Waals surface area contributed by atoms with E-state index in [0.29, 0.717) is 0 Å². The summed E-state index contributed by atoms with van der Waals surface area (Å²) in [5.41, 5.74) is 3.48. The van der Waals surface area contributed by atoms with Gasteiger partial charge in [0.15, 0.2) is 0 Å². The Hall–Kier alpha value is -0.740. The van der Waals surface area contributed by atoms with E-state index in [1.807, 2.05) is 23.9 Å². The molecule has 1 aliphatic heterocycles. The van der Waals surface area contributed by atoms with Gasteiger partial charge in [-0.3, -0.25) is 0 Å². The molecule has 0 fully saturated rings. The molecule has 1 aliphatic rings. The third kappa shape index (κ3) is 2.50. The third-order valence-electron chi connectivity index (χ3n) is 3.18. The van der Waals surface area contributed by atoms with Crippen molar-refractivity contribution in [1.29, 1.82) is 0 Å². The van der Waals surface area contributed by atoms with E-state index in [1.165, 1.54) is 17.7 Å². The van der Waals surface area contributed by atoms with Crippen LogP contribution in [0.2, 0.25) is 0 Å². The number of halogens is 1. The number of hydrogen-bond donors (Lipinski definition) is 0. The fraction of sp³-hybridized carbons (Fsp3) is 0.357. The van der Waals surface area contributed by atoms with E-state index >= 15 is 0 Å². The molecule has 1 aromatic carbocycles. The van der Waals surface area contributed by atoms with Crippen LogP contribution in [-0.2, 0) is 12.8 Å². The zero-order valence-electron chi connectivity index (χ0n) is 9.99. The highest BCUT2D eigenvalue weighted by atomic mass is 79.9. The lowest BCUT2D eigenvalue weighted by Crippen LogP contribution is -2.00. The van der Waals surface area contributed by atoms with Crippen molar-refractivity contribution in [3.8, 4) is 11.3 Å². The summed E-state index contributed by atoms with van der Waals surface area (Å²) in [5, 5.41) is 4.28. The number of benzene rings is 1. The van der Waals surface area contributed by atoms with Crippen molar-refractivity contribution in [2.75, 3.05) is 11.5 Å². The molecule has 2 aromatic rings. The van der Waals surface area contributed by atoms with Crippen LogP contribution in [-0.4, -0.2) is 16.7 Å². The lowest BCUT2D eigenvalue weighted by molar-refractivity contribution is 0.382. The second-order valence-corrected chi connectivity index (χ2v) is 6.55. The summed E-state index contributed by atoms with van der Waals surface area (Å²) in [6.07, 6.45) is 3.27. The van der Waals surface area contributed by atoms with Gasteiger partial charge in [-0.25, -0.2) is 0 Å². The Morgan fingerprint density at radius 2 is 1.94 bits per heavy atom. The Kier molecular flexibility index (Phi) is 3.75. The summed E-state index contributed by atoms with van der Waals surface area (Å²) in [6.45, 7) is 0. The van der Waals surface area contributed by atoms with Crippen LogP contribution in [0.3, 0.4) is 0 Å². The maximum Gasteiger partial charge on any atom is 0.140 e. The maximum atomic E-state index is 5.54. The summed E-state index contributed by atoms with van der Waals surface area (Å²) >= 11 is 5.48. The van der Waals surface area contributed by atoms with E-state index in [4.69, 9.17) is 4.52 Å². The molecule has 0 amide bonds. The van der Waals surface area contributed by atoms with Crippen LogP contribution >= 0.6 is 27.7 Å². The first-order valence-corrected chi connectivity index (χ1v) is 8.10. The molecule has 94 valence electrons. The number of fused-ring (bicyclic) bond motifs is 1. The predicted molar refractivity (Wildman–Crippen MR) is 79.0 cm³/mol. The number of rotatable bonds is 1. The minimum atomic E-state index is 1.02. The van der Waals surface area contributed by atoms with Gasteiger partial charge in [-0.15, -0.1) is 0 Å². The molecule has 2 heterocycles. The average Bonchev–Trinajstić information content (AvgIpc) is 2.72. The van der Waals surface area contributed by atoms with Gasteiger partial charge in [0.05, 0.1) is 0 Å². The summed E-state index contributed by atoms with van der Waals surface area (Å²) in [5.74, 6) is 3.49. The van der Waals surface area contributed by atoms with E-state index in [0.717, 1.165) is 40.1 Å². The van der Waals surface area contributed by atoms with E-state index in [2.05, 4.69) is 33.2 Å². The van der Waals surface area contributed by atoms with Crippen molar-refractivity contribution in [2.24, 2.45) is 0 Å². The van der Waals surface area contributed by atoms with Crippen LogP contribution in [0.25, 0.3) is 11.3 Å². The molecule has 3 rings (SSSR count). The highest BCUT2D eigenvalue weighted by molar-refractivity contribution is 9.10. The van der Waals surface area contributed by atoms with E-state index in [-0.39, 0.29) is 0 Å². The Labute approximate surface area is 119 Å². The normalized spacial score (nSPS) is 15.8. The molecular weight excluding hydrogens is 310 g/mol. The summed E-state index contributed by atoms with van der Waals surface area (Å²) in [4.78, 5) is 0. The van der Waals surface area contributed by atoms with Crippen LogP contribution < -0.4 is 0 Å². The summed E-state index contributed by atoms with van der Waals surface area (Å²) in [7, 11) is 0. The van der Waals surface area contributed by atoms with Crippen LogP contribution in [0.4, 0.5) is 0 Å². The first kappa shape index (κ1) is 12.3. The lowest BCUT2D eigenvalue weighted by Gasteiger charge is -2.08. The molecule has 0 bridgehead atoms. The molecule has 4 heteroatoms. The van der Waals surface area contributed by atoms with Crippen LogP contribution in [0.1, 0.15) is 17.7 Å². The number of aryl methyl sites for hydroxylation is 1. The van der Waals surface area contributed by atoms with Crippen molar-refractivity contribution in [3.05, 3.63) is 40.1 Å².